The average Bonchev–Trinajstić information content (AvgIpc) is 2.47. The molecule has 3 nitrogen and oxygen atoms in total. The van der Waals surface area contributed by atoms with E-state index in [0.29, 0.717) is 6.04 Å². The molecule has 0 amide bonds. The molecule has 98 valence electrons. The highest BCUT2D eigenvalue weighted by molar-refractivity contribution is 5.60. The maximum atomic E-state index is 3.61. The van der Waals surface area contributed by atoms with E-state index in [2.05, 4.69) is 40.7 Å². The summed E-state index contributed by atoms with van der Waals surface area (Å²) in [6.45, 7) is 7.98. The summed E-state index contributed by atoms with van der Waals surface area (Å²) in [5, 5.41) is 7.05. The summed E-state index contributed by atoms with van der Waals surface area (Å²) in [4.78, 5) is 2.65. The lowest BCUT2D eigenvalue weighted by Crippen LogP contribution is -2.46. The Hall–Kier alpha value is -1.06. The van der Waals surface area contributed by atoms with Gasteiger partial charge in [-0.2, -0.15) is 0 Å². The van der Waals surface area contributed by atoms with E-state index in [1.807, 2.05) is 0 Å². The molecule has 3 heteroatoms. The number of para-hydroxylation sites is 1. The van der Waals surface area contributed by atoms with Crippen LogP contribution in [-0.2, 0) is 6.42 Å². The molecule has 0 aromatic heterocycles. The second-order valence-electron chi connectivity index (χ2n) is 5.25. The normalized spacial score (nSPS) is 24.4. The van der Waals surface area contributed by atoms with Crippen LogP contribution in [0.2, 0.25) is 0 Å². The van der Waals surface area contributed by atoms with Crippen molar-refractivity contribution in [1.29, 1.82) is 0 Å². The number of aryl methyl sites for hydroxylation is 1. The van der Waals surface area contributed by atoms with Gasteiger partial charge in [-0.15, -0.1) is 0 Å². The largest absolute Gasteiger partial charge is 0.384 e. The number of anilines is 1. The van der Waals surface area contributed by atoms with E-state index in [4.69, 9.17) is 0 Å². The maximum Gasteiger partial charge on any atom is 0.0421 e. The zero-order valence-corrected chi connectivity index (χ0v) is 11.2. The number of piperazine rings is 1. The van der Waals surface area contributed by atoms with E-state index in [1.165, 1.54) is 36.3 Å². The van der Waals surface area contributed by atoms with Crippen LogP contribution in [0, 0.1) is 0 Å². The predicted molar refractivity (Wildman–Crippen MR) is 76.1 cm³/mol. The second kappa shape index (κ2) is 5.29. The molecule has 1 fully saturated rings. The van der Waals surface area contributed by atoms with Crippen LogP contribution in [-0.4, -0.2) is 37.6 Å². The molecule has 1 unspecified atom stereocenters. The Morgan fingerprint density at radius 2 is 2.06 bits per heavy atom. The molecule has 3 rings (SSSR count). The quantitative estimate of drug-likeness (QED) is 0.834. The van der Waals surface area contributed by atoms with Crippen LogP contribution in [0.15, 0.2) is 18.2 Å². The van der Waals surface area contributed by atoms with Gasteiger partial charge in [0.25, 0.3) is 0 Å². The van der Waals surface area contributed by atoms with Gasteiger partial charge in [-0.1, -0.05) is 25.1 Å². The Bertz CT molecular complexity index is 410. The van der Waals surface area contributed by atoms with E-state index in [0.717, 1.165) is 26.1 Å². The smallest absolute Gasteiger partial charge is 0.0421 e. The van der Waals surface area contributed by atoms with Gasteiger partial charge in [-0.25, -0.2) is 0 Å². The highest BCUT2D eigenvalue weighted by atomic mass is 15.2. The molecule has 2 aliphatic rings. The zero-order valence-electron chi connectivity index (χ0n) is 11.2. The number of nitrogens with zero attached hydrogens (tertiary/aromatic N) is 1. The van der Waals surface area contributed by atoms with Gasteiger partial charge in [0.05, 0.1) is 0 Å². The highest BCUT2D eigenvalue weighted by Crippen LogP contribution is 2.36. The van der Waals surface area contributed by atoms with Crippen LogP contribution < -0.4 is 10.6 Å². The van der Waals surface area contributed by atoms with Crippen LogP contribution >= 0.6 is 0 Å². The zero-order chi connectivity index (χ0) is 12.4. The minimum Gasteiger partial charge on any atom is -0.384 e. The molecule has 1 aromatic rings. The molecular weight excluding hydrogens is 222 g/mol. The van der Waals surface area contributed by atoms with E-state index in [1.54, 1.807) is 0 Å². The molecule has 0 radical (unpaired) electrons. The Balaban J connectivity index is 1.91. The van der Waals surface area contributed by atoms with Gasteiger partial charge >= 0.3 is 0 Å². The molecule has 2 heterocycles. The fraction of sp³-hybridized carbons (Fsp3) is 0.600. The van der Waals surface area contributed by atoms with Crippen LogP contribution in [0.4, 0.5) is 5.69 Å². The van der Waals surface area contributed by atoms with Crippen molar-refractivity contribution in [1.82, 2.24) is 10.2 Å². The van der Waals surface area contributed by atoms with E-state index in [-0.39, 0.29) is 0 Å². The molecule has 18 heavy (non-hydrogen) atoms. The van der Waals surface area contributed by atoms with E-state index in [9.17, 15) is 0 Å². The number of hydrogen-bond donors (Lipinski definition) is 2. The minimum atomic E-state index is 0.620. The monoisotopic (exact) mass is 245 g/mol. The Morgan fingerprint density at radius 1 is 1.22 bits per heavy atom. The number of hydrogen-bond acceptors (Lipinski definition) is 3. The predicted octanol–water partition coefficient (Wildman–Crippen LogP) is 2.01. The molecule has 0 saturated carbocycles. The molecule has 0 bridgehead atoms. The van der Waals surface area contributed by atoms with Gasteiger partial charge in [0.2, 0.25) is 0 Å². The minimum absolute atomic E-state index is 0.620. The Kier molecular flexibility index (Phi) is 3.52. The first kappa shape index (κ1) is 12.0. The molecule has 1 saturated heterocycles. The first-order valence-corrected chi connectivity index (χ1v) is 7.20. The van der Waals surface area contributed by atoms with Crippen molar-refractivity contribution in [3.63, 3.8) is 0 Å². The fourth-order valence-electron chi connectivity index (χ4n) is 3.27. The first-order valence-electron chi connectivity index (χ1n) is 7.20. The van der Waals surface area contributed by atoms with Gasteiger partial charge in [0, 0.05) is 44.5 Å². The summed E-state index contributed by atoms with van der Waals surface area (Å²) in [6, 6.07) is 7.41. The van der Waals surface area contributed by atoms with Crippen LogP contribution in [0.25, 0.3) is 0 Å². The summed E-state index contributed by atoms with van der Waals surface area (Å²) in [5.74, 6) is 0. The third-order valence-electron chi connectivity index (χ3n) is 4.23. The molecule has 2 aliphatic heterocycles. The SMILES string of the molecule is CCc1cccc2c1NCCC2N1CCNCC1. The number of rotatable bonds is 2. The topological polar surface area (TPSA) is 27.3 Å². The Labute approximate surface area is 110 Å². The van der Waals surface area contributed by atoms with E-state index < -0.39 is 0 Å². The van der Waals surface area contributed by atoms with Gasteiger partial charge in [0.1, 0.15) is 0 Å². The van der Waals surface area contributed by atoms with Gasteiger partial charge < -0.3 is 10.6 Å². The van der Waals surface area contributed by atoms with Crippen molar-refractivity contribution >= 4 is 5.69 Å². The van der Waals surface area contributed by atoms with Crippen molar-refractivity contribution in [2.24, 2.45) is 0 Å². The number of benzene rings is 1. The average molecular weight is 245 g/mol. The Morgan fingerprint density at radius 3 is 2.83 bits per heavy atom. The van der Waals surface area contributed by atoms with Crippen molar-refractivity contribution in [3.8, 4) is 0 Å². The van der Waals surface area contributed by atoms with E-state index >= 15 is 0 Å². The summed E-state index contributed by atoms with van der Waals surface area (Å²) in [5.41, 5.74) is 4.39. The highest BCUT2D eigenvalue weighted by Gasteiger charge is 2.27. The molecule has 0 spiro atoms. The van der Waals surface area contributed by atoms with Crippen molar-refractivity contribution in [2.75, 3.05) is 38.0 Å². The number of nitrogens with one attached hydrogen (secondary N) is 2. The third kappa shape index (κ3) is 2.13. The molecule has 1 atom stereocenters. The molecule has 0 aliphatic carbocycles. The molecule has 1 aromatic carbocycles. The van der Waals surface area contributed by atoms with Gasteiger partial charge in [-0.3, -0.25) is 4.90 Å². The van der Waals surface area contributed by atoms with Crippen LogP contribution in [0.1, 0.15) is 30.5 Å². The van der Waals surface area contributed by atoms with Gasteiger partial charge in [0.15, 0.2) is 0 Å². The standard InChI is InChI=1S/C15H23N3/c1-2-12-4-3-5-13-14(6-7-17-15(12)13)18-10-8-16-9-11-18/h3-5,14,16-17H,2,6-11H2,1H3. The number of fused-ring (bicyclic) bond motifs is 1. The van der Waals surface area contributed by atoms with Crippen LogP contribution in [0.5, 0.6) is 0 Å². The lowest BCUT2D eigenvalue weighted by Gasteiger charge is -2.39. The van der Waals surface area contributed by atoms with Crippen LogP contribution in [0.3, 0.4) is 0 Å². The van der Waals surface area contributed by atoms with Crippen molar-refractivity contribution in [3.05, 3.63) is 29.3 Å². The molecule has 2 N–H and O–H groups in total. The summed E-state index contributed by atoms with van der Waals surface area (Å²) in [6.07, 6.45) is 2.35. The lowest BCUT2D eigenvalue weighted by molar-refractivity contribution is 0.166. The van der Waals surface area contributed by atoms with Gasteiger partial charge in [-0.05, 0) is 24.0 Å². The lowest BCUT2D eigenvalue weighted by atomic mass is 9.92. The second-order valence-corrected chi connectivity index (χ2v) is 5.25. The maximum absolute atomic E-state index is 3.61. The third-order valence-corrected chi connectivity index (χ3v) is 4.23. The summed E-state index contributed by atoms with van der Waals surface area (Å²) < 4.78 is 0. The van der Waals surface area contributed by atoms with Crippen molar-refractivity contribution < 1.29 is 0 Å². The summed E-state index contributed by atoms with van der Waals surface area (Å²) in [7, 11) is 0. The summed E-state index contributed by atoms with van der Waals surface area (Å²) >= 11 is 0. The fourth-order valence-corrected chi connectivity index (χ4v) is 3.27. The first-order chi connectivity index (χ1) is 8.90. The van der Waals surface area contributed by atoms with Crippen molar-refractivity contribution in [2.45, 2.75) is 25.8 Å². The molecular formula is C15H23N3.